The highest BCUT2D eigenvalue weighted by molar-refractivity contribution is 6.15. The molecule has 0 amide bonds. The molecule has 0 atom stereocenters. The van der Waals surface area contributed by atoms with Crippen LogP contribution in [-0.4, -0.2) is 4.57 Å². The summed E-state index contributed by atoms with van der Waals surface area (Å²) in [7, 11) is 0. The third-order valence-electron chi connectivity index (χ3n) is 12.8. The number of hydrogen-bond donors (Lipinski definition) is 0. The van der Waals surface area contributed by atoms with Crippen molar-refractivity contribution in [3.8, 4) is 50.2 Å². The zero-order valence-corrected chi connectivity index (χ0v) is 35.1. The minimum atomic E-state index is 1.08. The van der Waals surface area contributed by atoms with Crippen molar-refractivity contribution in [2.45, 2.75) is 0 Å². The minimum absolute atomic E-state index is 1.08. The molecule has 0 saturated heterocycles. The van der Waals surface area contributed by atoms with E-state index in [1.54, 1.807) is 0 Å². The van der Waals surface area contributed by atoms with Crippen LogP contribution in [-0.2, 0) is 0 Å². The highest BCUT2D eigenvalue weighted by Gasteiger charge is 2.23. The Labute approximate surface area is 373 Å². The largest absolute Gasteiger partial charge is 0.309 e. The van der Waals surface area contributed by atoms with Crippen molar-refractivity contribution in [2.24, 2.45) is 0 Å². The van der Waals surface area contributed by atoms with Gasteiger partial charge in [0.15, 0.2) is 0 Å². The Morgan fingerprint density at radius 1 is 0.266 bits per heavy atom. The molecule has 0 aliphatic heterocycles. The summed E-state index contributed by atoms with van der Waals surface area (Å²) in [4.78, 5) is 2.47. The quantitative estimate of drug-likeness (QED) is 0.139. The van der Waals surface area contributed by atoms with Gasteiger partial charge in [0.05, 0.1) is 22.4 Å². The van der Waals surface area contributed by atoms with Crippen LogP contribution in [0.1, 0.15) is 0 Å². The molecule has 12 rings (SSSR count). The molecule has 2 nitrogen and oxygen atoms in total. The number of anilines is 3. The molecule has 0 bridgehead atoms. The lowest BCUT2D eigenvalue weighted by Crippen LogP contribution is -2.12. The third-order valence-corrected chi connectivity index (χ3v) is 12.8. The molecule has 2 heteroatoms. The molecule has 0 N–H and O–H groups in total. The first-order valence-corrected chi connectivity index (χ1v) is 22.0. The second kappa shape index (κ2) is 15.8. The lowest BCUT2D eigenvalue weighted by Gasteiger charge is -2.30. The number of nitrogens with zero attached hydrogens (tertiary/aromatic N) is 2. The molecule has 0 spiro atoms. The van der Waals surface area contributed by atoms with Crippen molar-refractivity contribution in [1.82, 2.24) is 4.57 Å². The molecule has 1 heterocycles. The summed E-state index contributed by atoms with van der Waals surface area (Å²) < 4.78 is 2.39. The number of aromatic nitrogens is 1. The van der Waals surface area contributed by atoms with Crippen molar-refractivity contribution in [3.05, 3.63) is 255 Å². The molecular weight excluding hydrogens is 773 g/mol. The number of rotatable bonds is 8. The van der Waals surface area contributed by atoms with Gasteiger partial charge >= 0.3 is 0 Å². The maximum atomic E-state index is 2.47. The van der Waals surface area contributed by atoms with Crippen LogP contribution in [0.5, 0.6) is 0 Å². The maximum absolute atomic E-state index is 2.47. The van der Waals surface area contributed by atoms with Crippen LogP contribution in [0.2, 0.25) is 0 Å². The number of para-hydroxylation sites is 3. The van der Waals surface area contributed by atoms with E-state index >= 15 is 0 Å². The van der Waals surface area contributed by atoms with Gasteiger partial charge in [-0.25, -0.2) is 0 Å². The Morgan fingerprint density at radius 2 is 0.766 bits per heavy atom. The predicted molar refractivity (Wildman–Crippen MR) is 272 cm³/mol. The van der Waals surface area contributed by atoms with Gasteiger partial charge in [-0.2, -0.15) is 0 Å². The average molecular weight is 815 g/mol. The zero-order valence-electron chi connectivity index (χ0n) is 35.1. The van der Waals surface area contributed by atoms with Gasteiger partial charge in [0, 0.05) is 33.1 Å². The first-order chi connectivity index (χ1) is 31.8. The fourth-order valence-corrected chi connectivity index (χ4v) is 9.89. The van der Waals surface area contributed by atoms with E-state index in [1.165, 1.54) is 76.7 Å². The number of fused-ring (bicyclic) bond motifs is 6. The van der Waals surface area contributed by atoms with Crippen molar-refractivity contribution in [1.29, 1.82) is 0 Å². The molecule has 0 aliphatic carbocycles. The Morgan fingerprint density at radius 3 is 1.47 bits per heavy atom. The smallest absolute Gasteiger partial charge is 0.0546 e. The average Bonchev–Trinajstić information content (AvgIpc) is 3.72. The molecule has 11 aromatic carbocycles. The number of hydrogen-bond acceptors (Lipinski definition) is 1. The van der Waals surface area contributed by atoms with Crippen LogP contribution in [0.4, 0.5) is 17.1 Å². The summed E-state index contributed by atoms with van der Waals surface area (Å²) in [6.45, 7) is 0. The maximum Gasteiger partial charge on any atom is 0.0546 e. The molecule has 0 radical (unpaired) electrons. The molecule has 1 aromatic heterocycles. The topological polar surface area (TPSA) is 8.17 Å². The predicted octanol–water partition coefficient (Wildman–Crippen LogP) is 17.2. The van der Waals surface area contributed by atoms with E-state index in [0.29, 0.717) is 0 Å². The Hall–Kier alpha value is -8.46. The van der Waals surface area contributed by atoms with Crippen LogP contribution in [0.25, 0.3) is 93.5 Å². The highest BCUT2D eigenvalue weighted by Crippen LogP contribution is 2.48. The Balaban J connectivity index is 1.04. The monoisotopic (exact) mass is 814 g/mol. The minimum Gasteiger partial charge on any atom is -0.309 e. The summed E-state index contributed by atoms with van der Waals surface area (Å²) in [5.74, 6) is 0. The van der Waals surface area contributed by atoms with E-state index < -0.39 is 0 Å². The Kier molecular flexibility index (Phi) is 9.20. The van der Waals surface area contributed by atoms with Crippen LogP contribution in [0.15, 0.2) is 255 Å². The fraction of sp³-hybridized carbons (Fsp3) is 0. The third kappa shape index (κ3) is 6.35. The van der Waals surface area contributed by atoms with Gasteiger partial charge in [-0.1, -0.05) is 206 Å². The summed E-state index contributed by atoms with van der Waals surface area (Å²) >= 11 is 0. The molecular formula is C62H42N2. The van der Waals surface area contributed by atoms with Crippen molar-refractivity contribution >= 4 is 60.4 Å². The SMILES string of the molecule is c1ccc(-c2ccccc2-c2ccccc2-c2ccccc2N(c2ccc(-c3cccc(-n4c5ccccc5c5ccccc54)c3)cc2)c2cc3ccccc3c3ccccc23)cc1. The van der Waals surface area contributed by atoms with Gasteiger partial charge in [0.25, 0.3) is 0 Å². The van der Waals surface area contributed by atoms with Gasteiger partial charge < -0.3 is 9.47 Å². The lowest BCUT2D eigenvalue weighted by molar-refractivity contribution is 1.18. The van der Waals surface area contributed by atoms with Gasteiger partial charge in [-0.05, 0) is 104 Å². The van der Waals surface area contributed by atoms with E-state index in [0.717, 1.165) is 33.9 Å². The fourth-order valence-electron chi connectivity index (χ4n) is 9.89. The number of benzene rings is 11. The van der Waals surface area contributed by atoms with Crippen LogP contribution in [0.3, 0.4) is 0 Å². The van der Waals surface area contributed by atoms with E-state index in [9.17, 15) is 0 Å². The molecule has 0 fully saturated rings. The highest BCUT2D eigenvalue weighted by atomic mass is 15.1. The normalized spacial score (nSPS) is 11.4. The van der Waals surface area contributed by atoms with Crippen LogP contribution >= 0.6 is 0 Å². The summed E-state index contributed by atoms with van der Waals surface area (Å²) in [6, 6.07) is 92.7. The molecule has 64 heavy (non-hydrogen) atoms. The zero-order chi connectivity index (χ0) is 42.4. The van der Waals surface area contributed by atoms with Gasteiger partial charge in [0.1, 0.15) is 0 Å². The van der Waals surface area contributed by atoms with Gasteiger partial charge in [0.2, 0.25) is 0 Å². The van der Waals surface area contributed by atoms with Crippen LogP contribution in [0, 0.1) is 0 Å². The van der Waals surface area contributed by atoms with E-state index in [1.807, 2.05) is 0 Å². The van der Waals surface area contributed by atoms with Crippen molar-refractivity contribution < 1.29 is 0 Å². The standard InChI is InChI=1S/C62H42N2/c1-2-19-44(20-3-1)49-24-6-7-26-51(49)53-28-8-9-29-54(53)55-30-12-15-34-59(55)63(62-42-46-21-4-5-25-50(46)52-27-10-11-31-56(52)62)47-39-37-43(38-40-47)45-22-18-23-48(41-45)64-60-35-16-13-32-57(60)58-33-14-17-36-61(58)64/h1-42H. The lowest BCUT2D eigenvalue weighted by atomic mass is 9.88. The molecule has 300 valence electrons. The van der Waals surface area contributed by atoms with Crippen LogP contribution < -0.4 is 4.90 Å². The summed E-state index contributed by atoms with van der Waals surface area (Å²) in [5.41, 5.74) is 16.3. The first-order valence-electron chi connectivity index (χ1n) is 22.0. The molecule has 12 aromatic rings. The Bertz CT molecular complexity index is 3620. The van der Waals surface area contributed by atoms with E-state index in [2.05, 4.69) is 264 Å². The van der Waals surface area contributed by atoms with Crippen molar-refractivity contribution in [2.75, 3.05) is 4.90 Å². The van der Waals surface area contributed by atoms with Gasteiger partial charge in [-0.15, -0.1) is 0 Å². The molecule has 0 aliphatic rings. The summed E-state index contributed by atoms with van der Waals surface area (Å²) in [5, 5.41) is 7.40. The summed E-state index contributed by atoms with van der Waals surface area (Å²) in [6.07, 6.45) is 0. The second-order valence-corrected chi connectivity index (χ2v) is 16.4. The molecule has 0 saturated carbocycles. The van der Waals surface area contributed by atoms with E-state index in [-0.39, 0.29) is 0 Å². The second-order valence-electron chi connectivity index (χ2n) is 16.4. The van der Waals surface area contributed by atoms with Gasteiger partial charge in [-0.3, -0.25) is 0 Å². The first kappa shape index (κ1) is 37.3. The molecule has 0 unspecified atom stereocenters. The van der Waals surface area contributed by atoms with Crippen molar-refractivity contribution in [3.63, 3.8) is 0 Å². The van der Waals surface area contributed by atoms with E-state index in [4.69, 9.17) is 0 Å².